The van der Waals surface area contributed by atoms with Crippen LogP contribution in [-0.2, 0) is 22.6 Å². The van der Waals surface area contributed by atoms with E-state index in [9.17, 15) is 9.59 Å². The molecule has 0 aliphatic rings. The van der Waals surface area contributed by atoms with Gasteiger partial charge in [0.2, 0.25) is 0 Å². The van der Waals surface area contributed by atoms with Crippen LogP contribution in [0, 0.1) is 0 Å². The number of carbonyl (C=O) groups is 1. The summed E-state index contributed by atoms with van der Waals surface area (Å²) in [5, 5.41) is 0. The quantitative estimate of drug-likeness (QED) is 0.654. The summed E-state index contributed by atoms with van der Waals surface area (Å²) in [6, 6.07) is 0. The van der Waals surface area contributed by atoms with Gasteiger partial charge in [0.05, 0.1) is 0 Å². The Bertz CT molecular complexity index is 346. The fourth-order valence-electron chi connectivity index (χ4n) is 0.882. The van der Waals surface area contributed by atoms with Gasteiger partial charge < -0.3 is 13.6 Å². The molecule has 1 rings (SSSR count). The first-order chi connectivity index (χ1) is 6.13. The minimum Gasteiger partial charge on any atom is -0.458 e. The molecule has 0 aromatic carbocycles. The normalized spacial score (nSPS) is 10.0. The maximum Gasteiger partial charge on any atom is 0.519 e. The Labute approximate surface area is 74.3 Å². The zero-order chi connectivity index (χ0) is 9.84. The lowest BCUT2D eigenvalue weighted by molar-refractivity contribution is -0.142. The molecule has 0 saturated heterocycles. The third-order valence-corrected chi connectivity index (χ3v) is 1.45. The van der Waals surface area contributed by atoms with Crippen molar-refractivity contribution in [3.8, 4) is 0 Å². The highest BCUT2D eigenvalue weighted by Gasteiger charge is 2.11. The van der Waals surface area contributed by atoms with Crippen molar-refractivity contribution in [1.29, 1.82) is 0 Å². The minimum absolute atomic E-state index is 0.0513. The molecule has 0 amide bonds. The van der Waals surface area contributed by atoms with Crippen LogP contribution in [0.4, 0.5) is 0 Å². The third kappa shape index (κ3) is 2.47. The van der Waals surface area contributed by atoms with E-state index in [1.807, 2.05) is 6.92 Å². The molecule has 0 N–H and O–H groups in total. The molecular formula is C8H10O5. The Morgan fingerprint density at radius 1 is 1.38 bits per heavy atom. The van der Waals surface area contributed by atoms with Gasteiger partial charge in [0.1, 0.15) is 0 Å². The van der Waals surface area contributed by atoms with Crippen LogP contribution < -0.4 is 5.82 Å². The number of carbonyl (C=O) groups excluding carboxylic acids is 1. The van der Waals surface area contributed by atoms with Crippen molar-refractivity contribution >= 4 is 5.97 Å². The average Bonchev–Trinajstić information content (AvgIpc) is 2.42. The topological polar surface area (TPSA) is 69.7 Å². The Balaban J connectivity index is 2.75. The number of aryl methyl sites for hydroxylation is 1. The summed E-state index contributed by atoms with van der Waals surface area (Å²) in [7, 11) is 0. The predicted molar refractivity (Wildman–Crippen MR) is 42.1 cm³/mol. The van der Waals surface area contributed by atoms with Crippen molar-refractivity contribution < 1.29 is 18.4 Å². The SMILES string of the molecule is CCc1oc(=O)oc1COC(C)=O. The van der Waals surface area contributed by atoms with E-state index in [2.05, 4.69) is 13.6 Å². The molecule has 0 bridgehead atoms. The van der Waals surface area contributed by atoms with Crippen molar-refractivity contribution in [2.24, 2.45) is 0 Å². The van der Waals surface area contributed by atoms with Crippen LogP contribution in [0.2, 0.25) is 0 Å². The van der Waals surface area contributed by atoms with Crippen LogP contribution in [-0.4, -0.2) is 5.97 Å². The highest BCUT2D eigenvalue weighted by atomic mass is 16.6. The van der Waals surface area contributed by atoms with Gasteiger partial charge >= 0.3 is 11.8 Å². The van der Waals surface area contributed by atoms with Gasteiger partial charge in [-0.05, 0) is 0 Å². The molecule has 1 aromatic heterocycles. The van der Waals surface area contributed by atoms with Gasteiger partial charge in [0, 0.05) is 13.3 Å². The van der Waals surface area contributed by atoms with Gasteiger partial charge in [-0.3, -0.25) is 4.79 Å². The molecule has 0 unspecified atom stereocenters. The van der Waals surface area contributed by atoms with E-state index < -0.39 is 11.8 Å². The number of rotatable bonds is 3. The van der Waals surface area contributed by atoms with Crippen molar-refractivity contribution in [2.75, 3.05) is 0 Å². The molecule has 1 aromatic rings. The average molecular weight is 186 g/mol. The predicted octanol–water partition coefficient (Wildman–Crippen LogP) is 0.858. The highest BCUT2D eigenvalue weighted by molar-refractivity contribution is 5.65. The van der Waals surface area contributed by atoms with Crippen molar-refractivity contribution in [1.82, 2.24) is 0 Å². The van der Waals surface area contributed by atoms with E-state index in [0.717, 1.165) is 0 Å². The summed E-state index contributed by atoms with van der Waals surface area (Å²) >= 11 is 0. The maximum absolute atomic E-state index is 10.6. The van der Waals surface area contributed by atoms with Crippen LogP contribution >= 0.6 is 0 Å². The molecule has 5 heteroatoms. The summed E-state index contributed by atoms with van der Waals surface area (Å²) in [6.07, 6.45) is 0.530. The van der Waals surface area contributed by atoms with Crippen LogP contribution in [0.25, 0.3) is 0 Å². The standard InChI is InChI=1S/C8H10O5/c1-3-6-7(4-11-5(2)9)13-8(10)12-6/h3-4H2,1-2H3. The van der Waals surface area contributed by atoms with Gasteiger partial charge in [-0.25, -0.2) is 4.79 Å². The van der Waals surface area contributed by atoms with E-state index in [1.165, 1.54) is 6.92 Å². The molecule has 0 spiro atoms. The van der Waals surface area contributed by atoms with Crippen molar-refractivity contribution in [3.63, 3.8) is 0 Å². The second-order valence-electron chi connectivity index (χ2n) is 2.43. The molecule has 0 atom stereocenters. The van der Waals surface area contributed by atoms with E-state index in [4.69, 9.17) is 0 Å². The summed E-state index contributed by atoms with van der Waals surface area (Å²) in [5.41, 5.74) is 0. The molecule has 13 heavy (non-hydrogen) atoms. The summed E-state index contributed by atoms with van der Waals surface area (Å²) in [4.78, 5) is 21.1. The van der Waals surface area contributed by atoms with Gasteiger partial charge in [-0.1, -0.05) is 6.92 Å². The van der Waals surface area contributed by atoms with Crippen LogP contribution in [0.5, 0.6) is 0 Å². The molecule has 72 valence electrons. The second-order valence-corrected chi connectivity index (χ2v) is 2.43. The highest BCUT2D eigenvalue weighted by Crippen LogP contribution is 2.08. The molecule has 0 aliphatic carbocycles. The van der Waals surface area contributed by atoms with E-state index in [-0.39, 0.29) is 12.4 Å². The lowest BCUT2D eigenvalue weighted by Crippen LogP contribution is -1.99. The first kappa shape index (κ1) is 9.57. The summed E-state index contributed by atoms with van der Waals surface area (Å²) in [5.74, 6) is -0.487. The van der Waals surface area contributed by atoms with Crippen LogP contribution in [0.1, 0.15) is 25.4 Å². The number of hydrogen-bond acceptors (Lipinski definition) is 5. The van der Waals surface area contributed by atoms with E-state index >= 15 is 0 Å². The Hall–Kier alpha value is -1.52. The monoisotopic (exact) mass is 186 g/mol. The van der Waals surface area contributed by atoms with E-state index in [0.29, 0.717) is 12.2 Å². The molecule has 0 saturated carbocycles. The van der Waals surface area contributed by atoms with Crippen molar-refractivity contribution in [2.45, 2.75) is 26.9 Å². The third-order valence-electron chi connectivity index (χ3n) is 1.45. The Kier molecular flexibility index (Phi) is 2.89. The number of esters is 1. The number of hydrogen-bond donors (Lipinski definition) is 0. The lowest BCUT2D eigenvalue weighted by Gasteiger charge is -1.97. The van der Waals surface area contributed by atoms with Crippen molar-refractivity contribution in [3.05, 3.63) is 22.1 Å². The molecular weight excluding hydrogens is 176 g/mol. The molecule has 0 fully saturated rings. The van der Waals surface area contributed by atoms with Gasteiger partial charge in [0.25, 0.3) is 0 Å². The fourth-order valence-corrected chi connectivity index (χ4v) is 0.882. The summed E-state index contributed by atoms with van der Waals surface area (Å²) in [6.45, 7) is 3.04. The summed E-state index contributed by atoms with van der Waals surface area (Å²) < 4.78 is 14.0. The first-order valence-corrected chi connectivity index (χ1v) is 3.88. The number of ether oxygens (including phenoxy) is 1. The van der Waals surface area contributed by atoms with E-state index in [1.54, 1.807) is 0 Å². The Morgan fingerprint density at radius 3 is 2.54 bits per heavy atom. The maximum atomic E-state index is 10.6. The van der Waals surface area contributed by atoms with Gasteiger partial charge in [-0.2, -0.15) is 0 Å². The Morgan fingerprint density at radius 2 is 2.00 bits per heavy atom. The first-order valence-electron chi connectivity index (χ1n) is 3.88. The van der Waals surface area contributed by atoms with Crippen LogP contribution in [0.15, 0.2) is 13.6 Å². The molecule has 0 aliphatic heterocycles. The lowest BCUT2D eigenvalue weighted by atomic mass is 10.3. The van der Waals surface area contributed by atoms with Crippen LogP contribution in [0.3, 0.4) is 0 Å². The molecule has 1 heterocycles. The molecule has 5 nitrogen and oxygen atoms in total. The largest absolute Gasteiger partial charge is 0.519 e. The molecule has 0 radical (unpaired) electrons. The zero-order valence-corrected chi connectivity index (χ0v) is 7.46. The second kappa shape index (κ2) is 3.93. The smallest absolute Gasteiger partial charge is 0.458 e. The van der Waals surface area contributed by atoms with Gasteiger partial charge in [0.15, 0.2) is 18.1 Å². The minimum atomic E-state index is -0.765. The fraction of sp³-hybridized carbons (Fsp3) is 0.500. The van der Waals surface area contributed by atoms with Gasteiger partial charge in [-0.15, -0.1) is 0 Å². The zero-order valence-electron chi connectivity index (χ0n) is 7.46.